The number of imidazole rings is 1. The van der Waals surface area contributed by atoms with Crippen LogP contribution >= 0.6 is 0 Å². The van der Waals surface area contributed by atoms with Gasteiger partial charge in [0.1, 0.15) is 11.0 Å². The van der Waals surface area contributed by atoms with Gasteiger partial charge in [0.25, 0.3) is 0 Å². The summed E-state index contributed by atoms with van der Waals surface area (Å²) in [6, 6.07) is 12.2. The highest BCUT2D eigenvalue weighted by Crippen LogP contribution is 2.32. The van der Waals surface area contributed by atoms with Gasteiger partial charge in [-0.1, -0.05) is 25.3 Å². The van der Waals surface area contributed by atoms with Gasteiger partial charge >= 0.3 is 0 Å². The number of amides is 1. The van der Waals surface area contributed by atoms with E-state index < -0.39 is 0 Å². The monoisotopic (exact) mass is 534 g/mol. The molecule has 0 unspecified atom stereocenters. The summed E-state index contributed by atoms with van der Waals surface area (Å²) in [4.78, 5) is 32.9. The second-order valence-electron chi connectivity index (χ2n) is 11.2. The fraction of sp³-hybridized carbons (Fsp3) is 0.387. The predicted molar refractivity (Wildman–Crippen MR) is 158 cm³/mol. The van der Waals surface area contributed by atoms with Crippen molar-refractivity contribution in [2.45, 2.75) is 57.8 Å². The van der Waals surface area contributed by atoms with E-state index in [1.165, 1.54) is 44.2 Å². The van der Waals surface area contributed by atoms with Gasteiger partial charge in [0.2, 0.25) is 5.91 Å². The van der Waals surface area contributed by atoms with Crippen molar-refractivity contribution >= 4 is 39.3 Å². The molecule has 4 aromatic heterocycles. The van der Waals surface area contributed by atoms with Crippen LogP contribution in [0.4, 0.5) is 11.4 Å². The van der Waals surface area contributed by atoms with Crippen molar-refractivity contribution in [3.63, 3.8) is 0 Å². The summed E-state index contributed by atoms with van der Waals surface area (Å²) in [5.74, 6) is 1.24. The summed E-state index contributed by atoms with van der Waals surface area (Å²) in [7, 11) is 0. The number of hydrogen-bond donors (Lipinski definition) is 3. The summed E-state index contributed by atoms with van der Waals surface area (Å²) in [6.07, 6.45) is 13.8. The van der Waals surface area contributed by atoms with Crippen LogP contribution in [0.5, 0.6) is 0 Å². The Morgan fingerprint density at radius 3 is 2.65 bits per heavy atom. The van der Waals surface area contributed by atoms with Crippen LogP contribution < -0.4 is 10.2 Å². The fourth-order valence-corrected chi connectivity index (χ4v) is 6.26. The van der Waals surface area contributed by atoms with E-state index in [0.717, 1.165) is 59.3 Å². The number of benzene rings is 1. The number of fused-ring (bicyclic) bond motifs is 2. The zero-order chi connectivity index (χ0) is 26.9. The first-order chi connectivity index (χ1) is 19.7. The van der Waals surface area contributed by atoms with Crippen LogP contribution in [0.25, 0.3) is 44.8 Å². The van der Waals surface area contributed by atoms with Crippen molar-refractivity contribution in [2.75, 3.05) is 23.3 Å². The third-order valence-electron chi connectivity index (χ3n) is 8.34. The van der Waals surface area contributed by atoms with Crippen LogP contribution in [0.15, 0.2) is 48.8 Å². The average Bonchev–Trinajstić information content (AvgIpc) is 3.62. The zero-order valence-electron chi connectivity index (χ0n) is 22.6. The molecule has 3 N–H and O–H groups in total. The summed E-state index contributed by atoms with van der Waals surface area (Å²) < 4.78 is 0. The van der Waals surface area contributed by atoms with Crippen LogP contribution in [-0.4, -0.2) is 49.1 Å². The van der Waals surface area contributed by atoms with E-state index in [2.05, 4.69) is 48.6 Å². The number of anilines is 2. The lowest BCUT2D eigenvalue weighted by molar-refractivity contribution is -0.117. The first kappa shape index (κ1) is 24.7. The van der Waals surface area contributed by atoms with Gasteiger partial charge < -0.3 is 15.2 Å². The SMILES string of the molecule is O=C(CC1CCCCC1)Nc1cncc(-c2ccc3[nH]nc(-c4nc5c(N6CCCCC6)cccc5[nH]4)c3n2)c1. The lowest BCUT2D eigenvalue weighted by Gasteiger charge is -2.28. The smallest absolute Gasteiger partial charge is 0.224 e. The van der Waals surface area contributed by atoms with Gasteiger partial charge in [-0.05, 0) is 68.4 Å². The van der Waals surface area contributed by atoms with E-state index >= 15 is 0 Å². The molecule has 40 heavy (non-hydrogen) atoms. The minimum Gasteiger partial charge on any atom is -0.370 e. The van der Waals surface area contributed by atoms with Crippen molar-refractivity contribution in [1.82, 2.24) is 30.1 Å². The summed E-state index contributed by atoms with van der Waals surface area (Å²) in [6.45, 7) is 2.12. The molecule has 5 aromatic rings. The molecule has 0 atom stereocenters. The maximum atomic E-state index is 12.7. The molecule has 1 saturated carbocycles. The first-order valence-corrected chi connectivity index (χ1v) is 14.6. The van der Waals surface area contributed by atoms with Crippen LogP contribution in [0, 0.1) is 5.92 Å². The fourth-order valence-electron chi connectivity index (χ4n) is 6.26. The molecule has 5 heterocycles. The molecule has 2 aliphatic rings. The highest BCUT2D eigenvalue weighted by Gasteiger charge is 2.20. The largest absolute Gasteiger partial charge is 0.370 e. The number of para-hydroxylation sites is 1. The van der Waals surface area contributed by atoms with Crippen LogP contribution in [-0.2, 0) is 4.79 Å². The molecular formula is C31H34N8O. The second-order valence-corrected chi connectivity index (χ2v) is 11.2. The molecule has 1 amide bonds. The Morgan fingerprint density at radius 2 is 1.77 bits per heavy atom. The predicted octanol–water partition coefficient (Wildman–Crippen LogP) is 6.46. The third kappa shape index (κ3) is 4.92. The Hall–Kier alpha value is -4.27. The van der Waals surface area contributed by atoms with Crippen molar-refractivity contribution in [2.24, 2.45) is 5.92 Å². The summed E-state index contributed by atoms with van der Waals surface area (Å²) >= 11 is 0. The van der Waals surface area contributed by atoms with E-state index in [-0.39, 0.29) is 5.91 Å². The van der Waals surface area contributed by atoms with Crippen LogP contribution in [0.2, 0.25) is 0 Å². The van der Waals surface area contributed by atoms with Gasteiger partial charge in [-0.2, -0.15) is 5.10 Å². The number of aromatic amines is 2. The van der Waals surface area contributed by atoms with Crippen molar-refractivity contribution in [3.05, 3.63) is 48.8 Å². The van der Waals surface area contributed by atoms with Crippen molar-refractivity contribution in [3.8, 4) is 22.8 Å². The quantitative estimate of drug-likeness (QED) is 0.230. The van der Waals surface area contributed by atoms with Gasteiger partial charge in [-0.3, -0.25) is 14.9 Å². The van der Waals surface area contributed by atoms with Gasteiger partial charge in [-0.15, -0.1) is 0 Å². The van der Waals surface area contributed by atoms with Crippen LogP contribution in [0.3, 0.4) is 0 Å². The standard InChI is InChI=1S/C31H34N8O/c40-27(16-20-8-3-1-4-9-20)33-22-17-21(18-32-19-22)23-12-13-25-29(34-23)30(38-37-25)31-35-24-10-7-11-26(28(24)36-31)39-14-5-2-6-15-39/h7,10-13,17-20H,1-6,8-9,14-16H2,(H,33,40)(H,35,36)(H,37,38). The van der Waals surface area contributed by atoms with E-state index in [1.54, 1.807) is 12.4 Å². The number of hydrogen-bond acceptors (Lipinski definition) is 6. The topological polar surface area (TPSA) is 115 Å². The van der Waals surface area contributed by atoms with Gasteiger partial charge in [0.15, 0.2) is 11.5 Å². The Labute approximate surface area is 232 Å². The number of nitrogens with one attached hydrogen (secondary N) is 3. The molecule has 1 saturated heterocycles. The number of rotatable bonds is 6. The highest BCUT2D eigenvalue weighted by molar-refractivity contribution is 5.95. The van der Waals surface area contributed by atoms with E-state index in [4.69, 9.17) is 9.97 Å². The molecule has 0 radical (unpaired) electrons. The lowest BCUT2D eigenvalue weighted by atomic mass is 9.87. The van der Waals surface area contributed by atoms with E-state index in [9.17, 15) is 4.79 Å². The number of nitrogens with zero attached hydrogens (tertiary/aromatic N) is 5. The highest BCUT2D eigenvalue weighted by atomic mass is 16.1. The lowest BCUT2D eigenvalue weighted by Crippen LogP contribution is -2.29. The molecule has 9 nitrogen and oxygen atoms in total. The average molecular weight is 535 g/mol. The zero-order valence-corrected chi connectivity index (χ0v) is 22.6. The Morgan fingerprint density at radius 1 is 0.925 bits per heavy atom. The molecule has 0 spiro atoms. The molecule has 204 valence electrons. The second kappa shape index (κ2) is 10.7. The van der Waals surface area contributed by atoms with Crippen molar-refractivity contribution in [1.29, 1.82) is 0 Å². The molecule has 2 fully saturated rings. The van der Waals surface area contributed by atoms with Gasteiger partial charge in [0, 0.05) is 31.3 Å². The maximum absolute atomic E-state index is 12.7. The Balaban J connectivity index is 1.17. The number of carbonyl (C=O) groups excluding carboxylic acids is 1. The Bertz CT molecular complexity index is 1660. The molecular weight excluding hydrogens is 500 g/mol. The number of H-pyrrole nitrogens is 2. The normalized spacial score (nSPS) is 16.6. The van der Waals surface area contributed by atoms with E-state index in [1.807, 2.05) is 18.2 Å². The minimum atomic E-state index is 0.0557. The van der Waals surface area contributed by atoms with Gasteiger partial charge in [-0.25, -0.2) is 9.97 Å². The molecule has 1 aromatic carbocycles. The minimum absolute atomic E-state index is 0.0557. The molecule has 9 heteroatoms. The van der Waals surface area contributed by atoms with Crippen LogP contribution in [0.1, 0.15) is 57.8 Å². The number of pyridine rings is 2. The summed E-state index contributed by atoms with van der Waals surface area (Å²) in [5.41, 5.74) is 7.67. The first-order valence-electron chi connectivity index (χ1n) is 14.6. The summed E-state index contributed by atoms with van der Waals surface area (Å²) in [5, 5.41) is 10.7. The molecule has 7 rings (SSSR count). The molecule has 1 aliphatic heterocycles. The molecule has 1 aliphatic carbocycles. The Kier molecular flexibility index (Phi) is 6.63. The number of carbonyl (C=O) groups is 1. The molecule has 0 bridgehead atoms. The van der Waals surface area contributed by atoms with Gasteiger partial charge in [0.05, 0.1) is 34.3 Å². The van der Waals surface area contributed by atoms with Crippen molar-refractivity contribution < 1.29 is 4.79 Å². The maximum Gasteiger partial charge on any atom is 0.224 e. The number of piperidine rings is 1. The number of aromatic nitrogens is 6. The third-order valence-corrected chi connectivity index (χ3v) is 8.34. The van der Waals surface area contributed by atoms with E-state index in [0.29, 0.717) is 29.5 Å².